The molecule has 4 nitrogen and oxygen atoms in total. The summed E-state index contributed by atoms with van der Waals surface area (Å²) in [7, 11) is 0. The summed E-state index contributed by atoms with van der Waals surface area (Å²) in [5.74, 6) is -0.143. The van der Waals surface area contributed by atoms with Crippen LogP contribution in [-0.4, -0.2) is 22.4 Å². The van der Waals surface area contributed by atoms with E-state index >= 15 is 0 Å². The number of ketones is 1. The zero-order chi connectivity index (χ0) is 16.1. The fourth-order valence-corrected chi connectivity index (χ4v) is 3.94. The molecule has 6 heteroatoms. The van der Waals surface area contributed by atoms with Crippen LogP contribution in [-0.2, 0) is 9.59 Å². The summed E-state index contributed by atoms with van der Waals surface area (Å²) >= 11 is 2.94. The number of nitrogens with one attached hydrogen (secondary N) is 1. The zero-order valence-corrected chi connectivity index (χ0v) is 13.8. The molecule has 0 saturated heterocycles. The van der Waals surface area contributed by atoms with E-state index < -0.39 is 0 Å². The number of nitrogens with zero attached hydrogens (tertiary/aromatic N) is 1. The van der Waals surface area contributed by atoms with E-state index in [0.717, 1.165) is 14.6 Å². The lowest BCUT2D eigenvalue weighted by molar-refractivity contribution is -0.123. The monoisotopic (exact) mass is 342 g/mol. The Bertz CT molecular complexity index is 798. The predicted octanol–water partition coefficient (Wildman–Crippen LogP) is 3.99. The molecular formula is C17H14N2O2S2. The average Bonchev–Trinajstić information content (AvgIpc) is 2.96. The van der Waals surface area contributed by atoms with E-state index in [1.165, 1.54) is 11.8 Å². The van der Waals surface area contributed by atoms with Crippen molar-refractivity contribution in [2.75, 3.05) is 11.1 Å². The summed E-state index contributed by atoms with van der Waals surface area (Å²) in [5.41, 5.74) is 1.64. The number of benzene rings is 2. The summed E-state index contributed by atoms with van der Waals surface area (Å²) in [6.07, 6.45) is -0.118. The number of carbonyl (C=O) groups is 2. The van der Waals surface area contributed by atoms with Crippen LogP contribution in [0.3, 0.4) is 0 Å². The third-order valence-corrected chi connectivity index (χ3v) is 5.29. The molecule has 0 aliphatic heterocycles. The summed E-state index contributed by atoms with van der Waals surface area (Å²) in [4.78, 5) is 28.2. The molecular weight excluding hydrogens is 328 g/mol. The largest absolute Gasteiger partial charge is 0.326 e. The minimum absolute atomic E-state index is 0.109. The Hall–Kier alpha value is -2.18. The van der Waals surface area contributed by atoms with E-state index in [0.29, 0.717) is 5.69 Å². The molecule has 3 aromatic rings. The van der Waals surface area contributed by atoms with Crippen molar-refractivity contribution < 1.29 is 9.59 Å². The first-order valence-corrected chi connectivity index (χ1v) is 8.86. The highest BCUT2D eigenvalue weighted by molar-refractivity contribution is 8.01. The molecule has 0 bridgehead atoms. The van der Waals surface area contributed by atoms with Crippen molar-refractivity contribution in [2.45, 2.75) is 10.8 Å². The summed E-state index contributed by atoms with van der Waals surface area (Å²) in [6.45, 7) is 0. The highest BCUT2D eigenvalue weighted by atomic mass is 32.2. The first-order chi connectivity index (χ1) is 11.2. The number of fused-ring (bicyclic) bond motifs is 1. The Morgan fingerprint density at radius 1 is 1.04 bits per heavy atom. The molecule has 0 saturated carbocycles. The smallest absolute Gasteiger partial charge is 0.231 e. The number of thioether (sulfide) groups is 1. The van der Waals surface area contributed by atoms with Crippen molar-refractivity contribution in [2.24, 2.45) is 0 Å². The van der Waals surface area contributed by atoms with Crippen molar-refractivity contribution in [1.29, 1.82) is 0 Å². The van der Waals surface area contributed by atoms with Gasteiger partial charge in [-0.25, -0.2) is 4.98 Å². The Labute approximate surface area is 141 Å². The number of rotatable bonds is 6. The van der Waals surface area contributed by atoms with E-state index in [1.54, 1.807) is 23.5 Å². The Morgan fingerprint density at radius 2 is 1.78 bits per heavy atom. The molecule has 23 heavy (non-hydrogen) atoms. The molecule has 0 aliphatic carbocycles. The van der Waals surface area contributed by atoms with Crippen molar-refractivity contribution in [3.63, 3.8) is 0 Å². The fourth-order valence-electron chi connectivity index (χ4n) is 2.01. The van der Waals surface area contributed by atoms with Crippen LogP contribution in [0, 0.1) is 0 Å². The Morgan fingerprint density at radius 3 is 2.57 bits per heavy atom. The van der Waals surface area contributed by atoms with Gasteiger partial charge in [-0.15, -0.1) is 11.3 Å². The molecule has 0 unspecified atom stereocenters. The standard InChI is InChI=1S/C17H14N2O2S2/c20-13(10-16(21)18-12-6-2-1-3-7-12)11-22-17-19-14-8-4-5-9-15(14)23-17/h1-9H,10-11H2,(H,18,21). The van der Waals surface area contributed by atoms with Gasteiger partial charge in [0.05, 0.1) is 22.4 Å². The van der Waals surface area contributed by atoms with Crippen molar-refractivity contribution in [3.8, 4) is 0 Å². The lowest BCUT2D eigenvalue weighted by atomic mass is 10.2. The molecule has 0 fully saturated rings. The number of thiazole rings is 1. The van der Waals surface area contributed by atoms with E-state index in [-0.39, 0.29) is 23.9 Å². The maximum Gasteiger partial charge on any atom is 0.231 e. The van der Waals surface area contributed by atoms with E-state index in [1.807, 2.05) is 42.5 Å². The normalized spacial score (nSPS) is 10.6. The maximum absolute atomic E-state index is 11.9. The quantitative estimate of drug-likeness (QED) is 0.544. The van der Waals surface area contributed by atoms with Gasteiger partial charge in [0.15, 0.2) is 10.1 Å². The van der Waals surface area contributed by atoms with Gasteiger partial charge in [-0.05, 0) is 24.3 Å². The second kappa shape index (κ2) is 7.39. The number of anilines is 1. The first kappa shape index (κ1) is 15.7. The van der Waals surface area contributed by atoms with Crippen LogP contribution in [0.15, 0.2) is 58.9 Å². The second-order valence-electron chi connectivity index (χ2n) is 4.87. The lowest BCUT2D eigenvalue weighted by Crippen LogP contribution is -2.17. The van der Waals surface area contributed by atoms with Gasteiger partial charge in [-0.2, -0.15) is 0 Å². The van der Waals surface area contributed by atoms with Crippen LogP contribution in [0.25, 0.3) is 10.2 Å². The molecule has 0 radical (unpaired) electrons. The van der Waals surface area contributed by atoms with Crippen LogP contribution in [0.2, 0.25) is 0 Å². The van der Waals surface area contributed by atoms with Crippen LogP contribution < -0.4 is 5.32 Å². The lowest BCUT2D eigenvalue weighted by Gasteiger charge is -2.03. The minimum Gasteiger partial charge on any atom is -0.326 e. The van der Waals surface area contributed by atoms with E-state index in [4.69, 9.17) is 0 Å². The highest BCUT2D eigenvalue weighted by Gasteiger charge is 2.12. The fraction of sp³-hybridized carbons (Fsp3) is 0.118. The van der Waals surface area contributed by atoms with Gasteiger partial charge in [-0.3, -0.25) is 9.59 Å². The van der Waals surface area contributed by atoms with Gasteiger partial charge in [0.1, 0.15) is 0 Å². The minimum atomic E-state index is -0.286. The summed E-state index contributed by atoms with van der Waals surface area (Å²) in [6, 6.07) is 17.0. The van der Waals surface area contributed by atoms with Crippen molar-refractivity contribution >= 4 is 50.7 Å². The van der Waals surface area contributed by atoms with Crippen LogP contribution in [0.1, 0.15) is 6.42 Å². The molecule has 3 rings (SSSR count). The molecule has 116 valence electrons. The highest BCUT2D eigenvalue weighted by Crippen LogP contribution is 2.29. The number of para-hydroxylation sites is 2. The summed E-state index contributed by atoms with van der Waals surface area (Å²) < 4.78 is 1.95. The van der Waals surface area contributed by atoms with Gasteiger partial charge in [0.2, 0.25) is 5.91 Å². The zero-order valence-electron chi connectivity index (χ0n) is 12.2. The molecule has 1 N–H and O–H groups in total. The third-order valence-electron chi connectivity index (χ3n) is 3.05. The van der Waals surface area contributed by atoms with Crippen LogP contribution >= 0.6 is 23.1 Å². The number of aromatic nitrogens is 1. The number of Topliss-reactive ketones (excluding diaryl/α,β-unsaturated/α-hetero) is 1. The Balaban J connectivity index is 1.50. The molecule has 1 amide bonds. The van der Waals surface area contributed by atoms with Crippen LogP contribution in [0.4, 0.5) is 5.69 Å². The predicted molar refractivity (Wildman–Crippen MR) is 95.0 cm³/mol. The first-order valence-electron chi connectivity index (χ1n) is 7.06. The molecule has 0 spiro atoms. The van der Waals surface area contributed by atoms with Gasteiger partial charge >= 0.3 is 0 Å². The number of amides is 1. The summed E-state index contributed by atoms with van der Waals surface area (Å²) in [5, 5.41) is 2.71. The van der Waals surface area contributed by atoms with E-state index in [9.17, 15) is 9.59 Å². The Kier molecular flexibility index (Phi) is 5.05. The molecule has 0 aliphatic rings. The van der Waals surface area contributed by atoms with Crippen molar-refractivity contribution in [3.05, 3.63) is 54.6 Å². The SMILES string of the molecule is O=C(CSc1nc2ccccc2s1)CC(=O)Nc1ccccc1. The number of carbonyl (C=O) groups excluding carboxylic acids is 2. The second-order valence-corrected chi connectivity index (χ2v) is 7.12. The molecule has 2 aromatic carbocycles. The third kappa shape index (κ3) is 4.40. The number of hydrogen-bond acceptors (Lipinski definition) is 5. The van der Waals surface area contributed by atoms with Crippen molar-refractivity contribution in [1.82, 2.24) is 4.98 Å². The molecule has 1 heterocycles. The van der Waals surface area contributed by atoms with Gasteiger partial charge in [-0.1, -0.05) is 42.1 Å². The molecule has 0 atom stereocenters. The number of hydrogen-bond donors (Lipinski definition) is 1. The van der Waals surface area contributed by atoms with Gasteiger partial charge < -0.3 is 5.32 Å². The molecule has 1 aromatic heterocycles. The van der Waals surface area contributed by atoms with E-state index in [2.05, 4.69) is 10.3 Å². The topological polar surface area (TPSA) is 59.1 Å². The van der Waals surface area contributed by atoms with Gasteiger partial charge in [0, 0.05) is 5.69 Å². The maximum atomic E-state index is 11.9. The average molecular weight is 342 g/mol. The van der Waals surface area contributed by atoms with Gasteiger partial charge in [0.25, 0.3) is 0 Å². The van der Waals surface area contributed by atoms with Crippen LogP contribution in [0.5, 0.6) is 0 Å².